The van der Waals surface area contributed by atoms with Crippen molar-refractivity contribution in [3.63, 3.8) is 0 Å². The minimum atomic E-state index is -0.810. The van der Waals surface area contributed by atoms with Gasteiger partial charge in [-0.05, 0) is 52.8 Å². The highest BCUT2D eigenvalue weighted by molar-refractivity contribution is 14.1. The van der Waals surface area contributed by atoms with Gasteiger partial charge in [-0.1, -0.05) is 29.8 Å². The average molecular weight is 419 g/mol. The predicted octanol–water partition coefficient (Wildman–Crippen LogP) is 4.35. The summed E-state index contributed by atoms with van der Waals surface area (Å²) in [4.78, 5) is 0. The van der Waals surface area contributed by atoms with Gasteiger partial charge in [0.05, 0.1) is 14.2 Å². The Morgan fingerprint density at radius 1 is 1.10 bits per heavy atom. The van der Waals surface area contributed by atoms with Crippen LogP contribution in [0.3, 0.4) is 0 Å². The number of rotatable bonds is 4. The van der Waals surface area contributed by atoms with E-state index >= 15 is 0 Å². The van der Waals surface area contributed by atoms with Crippen LogP contribution >= 0.6 is 34.2 Å². The Morgan fingerprint density at radius 2 is 1.81 bits per heavy atom. The second kappa shape index (κ2) is 6.85. The number of hydrogen-bond donors (Lipinski definition) is 1. The van der Waals surface area contributed by atoms with E-state index in [9.17, 15) is 5.11 Å². The summed E-state index contributed by atoms with van der Waals surface area (Å²) in [5.41, 5.74) is 2.56. The lowest BCUT2D eigenvalue weighted by molar-refractivity contribution is 0.213. The second-order valence-corrected chi connectivity index (χ2v) is 6.04. The molecule has 21 heavy (non-hydrogen) atoms. The zero-order chi connectivity index (χ0) is 15.6. The van der Waals surface area contributed by atoms with Crippen LogP contribution in [0, 0.1) is 10.5 Å². The second-order valence-electron chi connectivity index (χ2n) is 4.58. The molecule has 2 aromatic rings. The number of aliphatic hydroxyl groups is 1. The van der Waals surface area contributed by atoms with Gasteiger partial charge in [0.2, 0.25) is 0 Å². The molecule has 0 aliphatic carbocycles. The van der Waals surface area contributed by atoms with Crippen molar-refractivity contribution in [2.24, 2.45) is 0 Å². The standard InChI is InChI=1S/C16H16ClIO3/c1-9-5-4-6-10(14(9)18)15(19)11-7-8-12(20-2)13(17)16(11)21-3/h4-8,15,19H,1-3H3. The number of hydrogen-bond acceptors (Lipinski definition) is 3. The third-order valence-electron chi connectivity index (χ3n) is 3.33. The van der Waals surface area contributed by atoms with Crippen LogP contribution in [0.1, 0.15) is 22.8 Å². The van der Waals surface area contributed by atoms with Gasteiger partial charge in [-0.15, -0.1) is 0 Å². The number of aliphatic hydroxyl groups excluding tert-OH is 1. The Hall–Kier alpha value is -0.980. The first-order valence-electron chi connectivity index (χ1n) is 6.34. The Bertz CT molecular complexity index is 658. The Labute approximate surface area is 143 Å². The molecule has 0 heterocycles. The topological polar surface area (TPSA) is 38.7 Å². The molecule has 2 rings (SSSR count). The third kappa shape index (κ3) is 3.12. The van der Waals surface area contributed by atoms with Crippen molar-refractivity contribution in [3.8, 4) is 11.5 Å². The lowest BCUT2D eigenvalue weighted by atomic mass is 9.99. The maximum atomic E-state index is 10.7. The summed E-state index contributed by atoms with van der Waals surface area (Å²) in [6, 6.07) is 9.33. The molecule has 2 aromatic carbocycles. The van der Waals surface area contributed by atoms with Crippen LogP contribution in [-0.2, 0) is 0 Å². The van der Waals surface area contributed by atoms with Crippen molar-refractivity contribution in [3.05, 3.63) is 55.6 Å². The molecule has 1 unspecified atom stereocenters. The third-order valence-corrected chi connectivity index (χ3v) is 5.16. The summed E-state index contributed by atoms with van der Waals surface area (Å²) in [7, 11) is 3.07. The molecular formula is C16H16ClIO3. The lowest BCUT2D eigenvalue weighted by Crippen LogP contribution is -2.06. The lowest BCUT2D eigenvalue weighted by Gasteiger charge is -2.19. The maximum Gasteiger partial charge on any atom is 0.147 e. The fourth-order valence-electron chi connectivity index (χ4n) is 2.18. The normalized spacial score (nSPS) is 12.1. The molecule has 0 amide bonds. The largest absolute Gasteiger partial charge is 0.495 e. The van der Waals surface area contributed by atoms with Crippen LogP contribution < -0.4 is 9.47 Å². The van der Waals surface area contributed by atoms with Gasteiger partial charge in [0.25, 0.3) is 0 Å². The molecule has 0 aromatic heterocycles. The van der Waals surface area contributed by atoms with Gasteiger partial charge in [-0.3, -0.25) is 0 Å². The number of methoxy groups -OCH3 is 2. The molecule has 112 valence electrons. The molecule has 1 atom stereocenters. The highest BCUT2D eigenvalue weighted by Crippen LogP contribution is 2.41. The summed E-state index contributed by atoms with van der Waals surface area (Å²) >= 11 is 8.49. The first-order valence-corrected chi connectivity index (χ1v) is 7.80. The summed E-state index contributed by atoms with van der Waals surface area (Å²) in [5, 5.41) is 11.1. The van der Waals surface area contributed by atoms with E-state index < -0.39 is 6.10 Å². The molecule has 0 saturated carbocycles. The van der Waals surface area contributed by atoms with E-state index in [0.717, 1.165) is 14.7 Å². The number of aryl methyl sites for hydroxylation is 1. The minimum Gasteiger partial charge on any atom is -0.495 e. The van der Waals surface area contributed by atoms with Gasteiger partial charge in [0.1, 0.15) is 22.6 Å². The molecule has 3 nitrogen and oxygen atoms in total. The zero-order valence-corrected chi connectivity index (χ0v) is 14.9. The van der Waals surface area contributed by atoms with Crippen molar-refractivity contribution < 1.29 is 14.6 Å². The van der Waals surface area contributed by atoms with Crippen molar-refractivity contribution in [1.29, 1.82) is 0 Å². The van der Waals surface area contributed by atoms with Gasteiger partial charge in [0.15, 0.2) is 0 Å². The van der Waals surface area contributed by atoms with E-state index in [1.807, 2.05) is 25.1 Å². The van der Waals surface area contributed by atoms with E-state index in [-0.39, 0.29) is 0 Å². The molecule has 0 spiro atoms. The van der Waals surface area contributed by atoms with Crippen LogP contribution in [0.2, 0.25) is 5.02 Å². The van der Waals surface area contributed by atoms with E-state index in [2.05, 4.69) is 22.6 Å². The molecule has 0 bridgehead atoms. The summed E-state index contributed by atoms with van der Waals surface area (Å²) in [5.74, 6) is 0.948. The fraction of sp³-hybridized carbons (Fsp3) is 0.250. The summed E-state index contributed by atoms with van der Waals surface area (Å²) in [6.45, 7) is 2.01. The minimum absolute atomic E-state index is 0.360. The molecule has 1 N–H and O–H groups in total. The van der Waals surface area contributed by atoms with E-state index in [1.54, 1.807) is 19.2 Å². The van der Waals surface area contributed by atoms with E-state index in [4.69, 9.17) is 21.1 Å². The molecule has 0 aliphatic heterocycles. The first kappa shape index (κ1) is 16.4. The predicted molar refractivity (Wildman–Crippen MR) is 92.5 cm³/mol. The zero-order valence-electron chi connectivity index (χ0n) is 12.0. The van der Waals surface area contributed by atoms with E-state index in [1.165, 1.54) is 7.11 Å². The van der Waals surface area contributed by atoms with Crippen molar-refractivity contribution in [1.82, 2.24) is 0 Å². The number of ether oxygens (including phenoxy) is 2. The SMILES string of the molecule is COc1ccc(C(O)c2cccc(C)c2I)c(OC)c1Cl. The number of halogens is 2. The van der Waals surface area contributed by atoms with Crippen molar-refractivity contribution >= 4 is 34.2 Å². The van der Waals surface area contributed by atoms with Gasteiger partial charge < -0.3 is 14.6 Å². The van der Waals surface area contributed by atoms with Crippen LogP contribution in [0.25, 0.3) is 0 Å². The smallest absolute Gasteiger partial charge is 0.147 e. The molecule has 0 fully saturated rings. The van der Waals surface area contributed by atoms with Crippen LogP contribution in [-0.4, -0.2) is 19.3 Å². The van der Waals surface area contributed by atoms with Crippen molar-refractivity contribution in [2.45, 2.75) is 13.0 Å². The highest BCUT2D eigenvalue weighted by Gasteiger charge is 2.22. The molecule has 0 saturated heterocycles. The molecule has 0 aliphatic rings. The fourth-order valence-corrected chi connectivity index (χ4v) is 3.16. The number of benzene rings is 2. The quantitative estimate of drug-likeness (QED) is 0.750. The van der Waals surface area contributed by atoms with Gasteiger partial charge in [-0.25, -0.2) is 0 Å². The van der Waals surface area contributed by atoms with E-state index in [0.29, 0.717) is 22.1 Å². The van der Waals surface area contributed by atoms with Crippen LogP contribution in [0.4, 0.5) is 0 Å². The van der Waals surface area contributed by atoms with Crippen LogP contribution in [0.15, 0.2) is 30.3 Å². The molecule has 0 radical (unpaired) electrons. The average Bonchev–Trinajstić information content (AvgIpc) is 2.49. The Morgan fingerprint density at radius 3 is 2.43 bits per heavy atom. The summed E-state index contributed by atoms with van der Waals surface area (Å²) in [6.07, 6.45) is -0.810. The van der Waals surface area contributed by atoms with Gasteiger partial charge >= 0.3 is 0 Å². The van der Waals surface area contributed by atoms with Crippen molar-refractivity contribution in [2.75, 3.05) is 14.2 Å². The van der Waals surface area contributed by atoms with Crippen LogP contribution in [0.5, 0.6) is 11.5 Å². The Kier molecular flexibility index (Phi) is 5.35. The Balaban J connectivity index is 2.56. The first-order chi connectivity index (χ1) is 10.0. The van der Waals surface area contributed by atoms with Gasteiger partial charge in [-0.2, -0.15) is 0 Å². The highest BCUT2D eigenvalue weighted by atomic mass is 127. The summed E-state index contributed by atoms with van der Waals surface area (Å²) < 4.78 is 11.6. The molecular weight excluding hydrogens is 403 g/mol. The maximum absolute atomic E-state index is 10.7. The van der Waals surface area contributed by atoms with Gasteiger partial charge in [0, 0.05) is 9.13 Å². The molecule has 5 heteroatoms. The monoisotopic (exact) mass is 418 g/mol.